The number of allylic oxidation sites excluding steroid dienone is 1. The molecule has 0 fully saturated rings. The molecule has 2 heterocycles. The van der Waals surface area contributed by atoms with E-state index in [4.69, 9.17) is 30.5 Å². The van der Waals surface area contributed by atoms with Crippen LogP contribution in [0.1, 0.15) is 31.8 Å². The average molecular weight is 435 g/mol. The lowest BCUT2D eigenvalue weighted by Gasteiger charge is -2.10. The third-order valence-corrected chi connectivity index (χ3v) is 5.27. The van der Waals surface area contributed by atoms with Crippen LogP contribution in [0.2, 0.25) is 5.02 Å². The van der Waals surface area contributed by atoms with Crippen molar-refractivity contribution in [2.75, 3.05) is 6.79 Å². The van der Waals surface area contributed by atoms with Crippen LogP contribution in [0.4, 0.5) is 0 Å². The summed E-state index contributed by atoms with van der Waals surface area (Å²) < 4.78 is 21.9. The number of esters is 1. The Bertz CT molecular complexity index is 1260. The summed E-state index contributed by atoms with van der Waals surface area (Å²) in [4.78, 5) is 25.3. The van der Waals surface area contributed by atoms with Crippen molar-refractivity contribution in [3.8, 4) is 23.0 Å². The summed E-state index contributed by atoms with van der Waals surface area (Å²) in [6, 6.07) is 15.1. The van der Waals surface area contributed by atoms with Crippen LogP contribution in [0, 0.1) is 6.92 Å². The van der Waals surface area contributed by atoms with Crippen molar-refractivity contribution in [2.45, 2.75) is 6.92 Å². The van der Waals surface area contributed by atoms with Crippen molar-refractivity contribution in [1.29, 1.82) is 0 Å². The van der Waals surface area contributed by atoms with Crippen LogP contribution in [0.3, 0.4) is 0 Å². The molecule has 0 N–H and O–H groups in total. The van der Waals surface area contributed by atoms with E-state index >= 15 is 0 Å². The normalized spacial score (nSPS) is 15.0. The number of ketones is 1. The first-order chi connectivity index (χ1) is 15.0. The van der Waals surface area contributed by atoms with Crippen molar-refractivity contribution in [3.63, 3.8) is 0 Å². The molecule has 0 radical (unpaired) electrons. The minimum absolute atomic E-state index is 0.120. The van der Waals surface area contributed by atoms with Gasteiger partial charge in [-0.25, -0.2) is 4.79 Å². The first-order valence-electron chi connectivity index (χ1n) is 9.45. The Morgan fingerprint density at radius 3 is 2.61 bits per heavy atom. The molecule has 6 nitrogen and oxygen atoms in total. The highest BCUT2D eigenvalue weighted by Crippen LogP contribution is 2.40. The lowest BCUT2D eigenvalue weighted by molar-refractivity contribution is 0.0732. The van der Waals surface area contributed by atoms with Crippen molar-refractivity contribution >= 4 is 29.4 Å². The molecular weight excluding hydrogens is 420 g/mol. The molecular formula is C24H15ClO6. The Balaban J connectivity index is 1.40. The first-order valence-corrected chi connectivity index (χ1v) is 9.82. The van der Waals surface area contributed by atoms with Gasteiger partial charge in [-0.05, 0) is 61.0 Å². The number of hydrogen-bond acceptors (Lipinski definition) is 6. The highest BCUT2D eigenvalue weighted by Gasteiger charge is 2.30. The number of rotatable bonds is 3. The quantitative estimate of drug-likeness (QED) is 0.320. The summed E-state index contributed by atoms with van der Waals surface area (Å²) >= 11 is 5.91. The zero-order valence-corrected chi connectivity index (χ0v) is 17.1. The van der Waals surface area contributed by atoms with Gasteiger partial charge in [0, 0.05) is 10.6 Å². The number of Topliss-reactive ketones (excluding diaryl/α,β-unsaturated/α-hetero) is 1. The average Bonchev–Trinajstić information content (AvgIpc) is 3.36. The summed E-state index contributed by atoms with van der Waals surface area (Å²) in [5, 5.41) is 0.605. The third kappa shape index (κ3) is 3.51. The largest absolute Gasteiger partial charge is 0.454 e. The SMILES string of the molecule is Cc1c(OC(=O)c2ccc3c(c2)OCO3)ccc2c1O/C(=C\c1ccc(Cl)cc1)C2=O. The number of carbonyl (C=O) groups excluding carboxylic acids is 2. The second-order valence-corrected chi connectivity index (χ2v) is 7.45. The predicted octanol–water partition coefficient (Wildman–Crippen LogP) is 5.21. The standard InChI is InChI=1S/C24H15ClO6/c1-13-18(31-24(27)15-4-8-19-20(11-15)29-12-28-19)9-7-17-22(26)21(30-23(13)17)10-14-2-5-16(25)6-3-14/h2-11H,12H2,1H3/b21-10-. The number of benzene rings is 3. The number of carbonyl (C=O) groups is 2. The molecule has 0 unspecified atom stereocenters. The van der Waals surface area contributed by atoms with Crippen LogP contribution >= 0.6 is 11.6 Å². The van der Waals surface area contributed by atoms with E-state index in [-0.39, 0.29) is 18.3 Å². The van der Waals surface area contributed by atoms with Crippen molar-refractivity contribution < 1.29 is 28.5 Å². The van der Waals surface area contributed by atoms with Crippen LogP contribution in [0.25, 0.3) is 6.08 Å². The summed E-state index contributed by atoms with van der Waals surface area (Å²) in [5.41, 5.74) is 2.08. The Kier molecular flexibility index (Phi) is 4.64. The lowest BCUT2D eigenvalue weighted by atomic mass is 10.1. The minimum Gasteiger partial charge on any atom is -0.454 e. The Morgan fingerprint density at radius 1 is 1.03 bits per heavy atom. The summed E-state index contributed by atoms with van der Waals surface area (Å²) in [6.07, 6.45) is 1.65. The van der Waals surface area contributed by atoms with Crippen LogP contribution in [-0.2, 0) is 0 Å². The highest BCUT2D eigenvalue weighted by atomic mass is 35.5. The molecule has 0 bridgehead atoms. The molecule has 2 aliphatic rings. The molecule has 0 saturated carbocycles. The fourth-order valence-corrected chi connectivity index (χ4v) is 3.50. The zero-order chi connectivity index (χ0) is 21.5. The molecule has 31 heavy (non-hydrogen) atoms. The van der Waals surface area contributed by atoms with Gasteiger partial charge >= 0.3 is 5.97 Å². The van der Waals surface area contributed by atoms with E-state index in [1.807, 2.05) is 0 Å². The monoisotopic (exact) mass is 434 g/mol. The molecule has 0 spiro atoms. The van der Waals surface area contributed by atoms with E-state index in [0.29, 0.717) is 44.7 Å². The summed E-state index contributed by atoms with van der Waals surface area (Å²) in [6.45, 7) is 1.86. The van der Waals surface area contributed by atoms with E-state index in [0.717, 1.165) is 5.56 Å². The fraction of sp³-hybridized carbons (Fsp3) is 0.0833. The van der Waals surface area contributed by atoms with E-state index in [9.17, 15) is 9.59 Å². The molecule has 0 aliphatic carbocycles. The van der Waals surface area contributed by atoms with E-state index < -0.39 is 5.97 Å². The molecule has 0 atom stereocenters. The molecule has 0 amide bonds. The molecule has 0 aromatic heterocycles. The molecule has 154 valence electrons. The zero-order valence-electron chi connectivity index (χ0n) is 16.3. The third-order valence-electron chi connectivity index (χ3n) is 5.02. The Hall–Kier alpha value is -3.77. The fourth-order valence-electron chi connectivity index (χ4n) is 3.37. The van der Waals surface area contributed by atoms with Crippen LogP contribution in [0.5, 0.6) is 23.0 Å². The Labute approximate surface area is 182 Å². The predicted molar refractivity (Wildman–Crippen MR) is 113 cm³/mol. The van der Waals surface area contributed by atoms with Gasteiger partial charge in [-0.15, -0.1) is 0 Å². The van der Waals surface area contributed by atoms with Gasteiger partial charge in [0.1, 0.15) is 11.5 Å². The van der Waals surface area contributed by atoms with Gasteiger partial charge in [0.25, 0.3) is 0 Å². The van der Waals surface area contributed by atoms with Gasteiger partial charge in [0.05, 0.1) is 11.1 Å². The molecule has 0 saturated heterocycles. The number of halogens is 1. The maximum Gasteiger partial charge on any atom is 0.343 e. The van der Waals surface area contributed by atoms with Crippen LogP contribution in [0.15, 0.2) is 60.4 Å². The van der Waals surface area contributed by atoms with E-state index in [1.165, 1.54) is 0 Å². The van der Waals surface area contributed by atoms with Crippen molar-refractivity contribution in [3.05, 3.63) is 87.6 Å². The number of hydrogen-bond donors (Lipinski definition) is 0. The number of ether oxygens (including phenoxy) is 4. The van der Waals surface area contributed by atoms with Crippen LogP contribution < -0.4 is 18.9 Å². The maximum atomic E-state index is 12.7. The lowest BCUT2D eigenvalue weighted by Crippen LogP contribution is -2.09. The van der Waals surface area contributed by atoms with E-state index in [2.05, 4.69) is 0 Å². The summed E-state index contributed by atoms with van der Waals surface area (Å²) in [7, 11) is 0. The van der Waals surface area contributed by atoms with Gasteiger partial charge in [-0.3, -0.25) is 4.79 Å². The molecule has 5 rings (SSSR count). The van der Waals surface area contributed by atoms with Crippen LogP contribution in [-0.4, -0.2) is 18.5 Å². The van der Waals surface area contributed by atoms with Gasteiger partial charge in [0.2, 0.25) is 12.6 Å². The topological polar surface area (TPSA) is 71.1 Å². The minimum atomic E-state index is -0.553. The Morgan fingerprint density at radius 2 is 1.81 bits per heavy atom. The highest BCUT2D eigenvalue weighted by molar-refractivity contribution is 6.30. The number of fused-ring (bicyclic) bond motifs is 2. The van der Waals surface area contributed by atoms with Crippen molar-refractivity contribution in [1.82, 2.24) is 0 Å². The second kappa shape index (κ2) is 7.49. The maximum absolute atomic E-state index is 12.7. The molecule has 7 heteroatoms. The smallest absolute Gasteiger partial charge is 0.343 e. The summed E-state index contributed by atoms with van der Waals surface area (Å²) in [5.74, 6) is 1.16. The van der Waals surface area contributed by atoms with Gasteiger partial charge in [0.15, 0.2) is 17.3 Å². The van der Waals surface area contributed by atoms with Gasteiger partial charge in [-0.1, -0.05) is 23.7 Å². The van der Waals surface area contributed by atoms with Crippen molar-refractivity contribution in [2.24, 2.45) is 0 Å². The van der Waals surface area contributed by atoms with Gasteiger partial charge in [-0.2, -0.15) is 0 Å². The second-order valence-electron chi connectivity index (χ2n) is 7.01. The van der Waals surface area contributed by atoms with E-state index in [1.54, 1.807) is 67.6 Å². The molecule has 3 aromatic rings. The van der Waals surface area contributed by atoms with Gasteiger partial charge < -0.3 is 18.9 Å². The molecule has 3 aromatic carbocycles. The molecule has 2 aliphatic heterocycles. The first kappa shape index (κ1) is 19.2.